The zero-order valence-electron chi connectivity index (χ0n) is 5.45. The van der Waals surface area contributed by atoms with E-state index < -0.39 is 0 Å². The van der Waals surface area contributed by atoms with Crippen LogP contribution in [0.3, 0.4) is 0 Å². The maximum Gasteiger partial charge on any atom is 0.0530 e. The van der Waals surface area contributed by atoms with E-state index in [4.69, 9.17) is 0 Å². The van der Waals surface area contributed by atoms with E-state index in [0.29, 0.717) is 0 Å². The van der Waals surface area contributed by atoms with Gasteiger partial charge in [-0.15, -0.1) is 0 Å². The molecule has 0 bridgehead atoms. The van der Waals surface area contributed by atoms with E-state index in [1.807, 2.05) is 0 Å². The Balaban J connectivity index is 1.95. The smallest absolute Gasteiger partial charge is 0.0530 e. The molecule has 2 fully saturated rings. The van der Waals surface area contributed by atoms with E-state index in [0.717, 1.165) is 0 Å². The van der Waals surface area contributed by atoms with Gasteiger partial charge in [-0.2, -0.15) is 0 Å². The summed E-state index contributed by atoms with van der Waals surface area (Å²) in [4.78, 5) is 0. The molecule has 0 nitrogen and oxygen atoms in total. The van der Waals surface area contributed by atoms with Crippen LogP contribution in [0, 0.1) is 0 Å². The number of rotatable bonds is 0. The Morgan fingerprint density at radius 1 is 0.625 bits per heavy atom. The van der Waals surface area contributed by atoms with Gasteiger partial charge in [0.15, 0.2) is 0 Å². The summed E-state index contributed by atoms with van der Waals surface area (Å²) < 4.78 is 0. The Morgan fingerprint density at radius 2 is 1.25 bits per heavy atom. The SMILES string of the molecule is C1CC[Si]2(CC1)CC2. The molecule has 1 heteroatoms. The van der Waals surface area contributed by atoms with E-state index in [-0.39, 0.29) is 8.07 Å². The van der Waals surface area contributed by atoms with E-state index in [1.165, 1.54) is 0 Å². The topological polar surface area (TPSA) is 0 Å². The van der Waals surface area contributed by atoms with Crippen LogP contribution in [0.2, 0.25) is 24.2 Å². The van der Waals surface area contributed by atoms with Crippen LogP contribution >= 0.6 is 0 Å². The van der Waals surface area contributed by atoms with Crippen LogP contribution in [0.5, 0.6) is 0 Å². The zero-order valence-corrected chi connectivity index (χ0v) is 6.45. The van der Waals surface area contributed by atoms with Crippen LogP contribution in [0.1, 0.15) is 19.3 Å². The summed E-state index contributed by atoms with van der Waals surface area (Å²) in [6.07, 6.45) is 4.73. The molecule has 0 aromatic carbocycles. The first-order valence-corrected chi connectivity index (χ1v) is 6.74. The molecule has 8 heavy (non-hydrogen) atoms. The summed E-state index contributed by atoms with van der Waals surface area (Å²) in [6.45, 7) is 0. The van der Waals surface area contributed by atoms with Gasteiger partial charge in [-0.3, -0.25) is 0 Å². The second-order valence-electron chi connectivity index (χ2n) is 3.56. The Bertz CT molecular complexity index is 86.6. The van der Waals surface area contributed by atoms with E-state index in [9.17, 15) is 0 Å². The highest BCUT2D eigenvalue weighted by Gasteiger charge is 2.44. The molecule has 2 aliphatic rings. The minimum absolute atomic E-state index is 0.340. The fourth-order valence-corrected chi connectivity index (χ4v) is 6.64. The minimum atomic E-state index is -0.340. The lowest BCUT2D eigenvalue weighted by Gasteiger charge is -2.17. The van der Waals surface area contributed by atoms with Gasteiger partial charge in [0.1, 0.15) is 0 Å². The fraction of sp³-hybridized carbons (Fsp3) is 1.00. The van der Waals surface area contributed by atoms with Crippen LogP contribution < -0.4 is 0 Å². The lowest BCUT2D eigenvalue weighted by Crippen LogP contribution is -2.16. The molecule has 0 atom stereocenters. The van der Waals surface area contributed by atoms with Gasteiger partial charge >= 0.3 is 0 Å². The summed E-state index contributed by atoms with van der Waals surface area (Å²) in [7, 11) is -0.340. The van der Waals surface area contributed by atoms with Crippen molar-refractivity contribution in [2.75, 3.05) is 0 Å². The maximum absolute atomic E-state index is 1.70. The molecule has 1 spiro atoms. The van der Waals surface area contributed by atoms with Crippen molar-refractivity contribution in [2.24, 2.45) is 0 Å². The average molecular weight is 126 g/mol. The van der Waals surface area contributed by atoms with Crippen LogP contribution in [-0.2, 0) is 0 Å². The third kappa shape index (κ3) is 0.731. The lowest BCUT2D eigenvalue weighted by molar-refractivity contribution is 0.721. The van der Waals surface area contributed by atoms with Crippen molar-refractivity contribution in [2.45, 2.75) is 43.4 Å². The minimum Gasteiger partial charge on any atom is -0.0595 e. The monoisotopic (exact) mass is 126 g/mol. The number of hydrogen-bond donors (Lipinski definition) is 0. The van der Waals surface area contributed by atoms with Crippen LogP contribution in [0.4, 0.5) is 0 Å². The van der Waals surface area contributed by atoms with Crippen molar-refractivity contribution < 1.29 is 0 Å². The molecule has 2 aliphatic heterocycles. The Hall–Kier alpha value is 0.217. The third-order valence-corrected chi connectivity index (χ3v) is 7.61. The summed E-state index contributed by atoms with van der Waals surface area (Å²) in [5.74, 6) is 0. The van der Waals surface area contributed by atoms with Crippen LogP contribution in [0.15, 0.2) is 0 Å². The second-order valence-corrected chi connectivity index (χ2v) is 8.56. The quantitative estimate of drug-likeness (QED) is 0.438. The number of hydrogen-bond acceptors (Lipinski definition) is 0. The van der Waals surface area contributed by atoms with Gasteiger partial charge in [0.05, 0.1) is 8.07 Å². The van der Waals surface area contributed by atoms with Crippen LogP contribution in [-0.4, -0.2) is 8.07 Å². The molecule has 0 aromatic heterocycles. The summed E-state index contributed by atoms with van der Waals surface area (Å²) in [5, 5.41) is 0. The highest BCUT2D eigenvalue weighted by atomic mass is 28.3. The van der Waals surface area contributed by atoms with Crippen molar-refractivity contribution in [1.29, 1.82) is 0 Å². The Labute approximate surface area is 52.3 Å². The zero-order chi connectivity index (χ0) is 5.45. The Morgan fingerprint density at radius 3 is 1.62 bits per heavy atom. The standard InChI is InChI=1S/C7H14Si/c1-2-4-8(5-3-1)6-7-8/h1-7H2. The molecule has 0 N–H and O–H groups in total. The molecule has 46 valence electrons. The molecule has 0 radical (unpaired) electrons. The van der Waals surface area contributed by atoms with Crippen molar-refractivity contribution >= 4 is 8.07 Å². The highest BCUT2D eigenvalue weighted by Crippen LogP contribution is 2.48. The van der Waals surface area contributed by atoms with Gasteiger partial charge in [-0.05, 0) is 0 Å². The van der Waals surface area contributed by atoms with Crippen molar-refractivity contribution in [3.05, 3.63) is 0 Å². The van der Waals surface area contributed by atoms with Gasteiger partial charge < -0.3 is 0 Å². The molecular formula is C7H14Si. The first-order valence-electron chi connectivity index (χ1n) is 3.91. The van der Waals surface area contributed by atoms with Crippen LogP contribution in [0.25, 0.3) is 0 Å². The summed E-state index contributed by atoms with van der Waals surface area (Å²) in [5.41, 5.74) is 0. The largest absolute Gasteiger partial charge is 0.0595 e. The fourth-order valence-electron chi connectivity index (χ4n) is 1.98. The molecule has 0 unspecified atom stereocenters. The Kier molecular flexibility index (Phi) is 1.01. The lowest BCUT2D eigenvalue weighted by atomic mass is 10.3. The molecule has 2 rings (SSSR count). The molecule has 0 aliphatic carbocycles. The first kappa shape index (κ1) is 5.04. The van der Waals surface area contributed by atoms with Gasteiger partial charge in [0.2, 0.25) is 0 Å². The normalized spacial score (nSPS) is 33.0. The van der Waals surface area contributed by atoms with E-state index >= 15 is 0 Å². The van der Waals surface area contributed by atoms with Gasteiger partial charge in [0, 0.05) is 0 Å². The summed E-state index contributed by atoms with van der Waals surface area (Å²) in [6, 6.07) is 6.81. The van der Waals surface area contributed by atoms with E-state index in [2.05, 4.69) is 0 Å². The molecule has 0 amide bonds. The molecule has 0 aromatic rings. The van der Waals surface area contributed by atoms with E-state index in [1.54, 1.807) is 43.4 Å². The van der Waals surface area contributed by atoms with Gasteiger partial charge in [0.25, 0.3) is 0 Å². The van der Waals surface area contributed by atoms with Crippen molar-refractivity contribution in [1.82, 2.24) is 0 Å². The summed E-state index contributed by atoms with van der Waals surface area (Å²) >= 11 is 0. The maximum atomic E-state index is 1.70. The van der Waals surface area contributed by atoms with Gasteiger partial charge in [-0.1, -0.05) is 43.4 Å². The van der Waals surface area contributed by atoms with Crippen molar-refractivity contribution in [3.8, 4) is 0 Å². The van der Waals surface area contributed by atoms with Crippen molar-refractivity contribution in [3.63, 3.8) is 0 Å². The predicted octanol–water partition coefficient (Wildman–Crippen LogP) is 2.63. The molecule has 2 heterocycles. The third-order valence-electron chi connectivity index (χ3n) is 2.87. The second kappa shape index (κ2) is 1.60. The predicted molar refractivity (Wildman–Crippen MR) is 38.8 cm³/mol. The molecule has 0 saturated carbocycles. The molecule has 2 saturated heterocycles. The van der Waals surface area contributed by atoms with Gasteiger partial charge in [-0.25, -0.2) is 0 Å². The first-order chi connectivity index (χ1) is 3.91. The average Bonchev–Trinajstić information content (AvgIpc) is 2.52. The molecular weight excluding hydrogens is 112 g/mol. The highest BCUT2D eigenvalue weighted by molar-refractivity contribution is 6.89.